The van der Waals surface area contributed by atoms with E-state index in [1.165, 1.54) is 102 Å². The first-order chi connectivity index (χ1) is 15.6. The normalized spacial score (nSPS) is 19.4. The summed E-state index contributed by atoms with van der Waals surface area (Å²) in [4.78, 5) is 16.4. The Morgan fingerprint density at radius 1 is 0.906 bits per heavy atom. The summed E-state index contributed by atoms with van der Waals surface area (Å²) in [6.45, 7) is 11.2. The Bertz CT molecular complexity index is 543. The minimum Gasteiger partial charge on any atom is -0.307 e. The van der Waals surface area contributed by atoms with Crippen molar-refractivity contribution in [1.82, 2.24) is 5.32 Å². The first-order valence-electron chi connectivity index (χ1n) is 13.9. The summed E-state index contributed by atoms with van der Waals surface area (Å²) in [5.41, 5.74) is 0. The third-order valence-electron chi connectivity index (χ3n) is 7.19. The Labute approximate surface area is 199 Å². The number of quaternary nitrogens is 1. The third-order valence-corrected chi connectivity index (χ3v) is 7.19. The Balaban J connectivity index is 2.03. The zero-order valence-corrected chi connectivity index (χ0v) is 22.0. The molecule has 1 amide bonds. The first kappa shape index (κ1) is 28.9. The lowest BCUT2D eigenvalue weighted by atomic mass is 10.1. The van der Waals surface area contributed by atoms with Gasteiger partial charge in [0.25, 0.3) is 0 Å². The molecule has 1 aliphatic rings. The molecule has 186 valence electrons. The molecule has 1 rings (SSSR count). The van der Waals surface area contributed by atoms with Gasteiger partial charge in [0, 0.05) is 20.3 Å². The van der Waals surface area contributed by atoms with E-state index in [1.54, 1.807) is 6.92 Å². The zero-order valence-electron chi connectivity index (χ0n) is 22.0. The van der Waals surface area contributed by atoms with Crippen molar-refractivity contribution in [2.75, 3.05) is 19.6 Å². The third kappa shape index (κ3) is 11.6. The van der Waals surface area contributed by atoms with Crippen LogP contribution in [0.3, 0.4) is 0 Å². The van der Waals surface area contributed by atoms with Crippen molar-refractivity contribution in [2.45, 2.75) is 137 Å². The molecule has 0 fully saturated rings. The number of amidine groups is 1. The monoisotopic (exact) mass is 448 g/mol. The van der Waals surface area contributed by atoms with Gasteiger partial charge in [-0.15, -0.1) is 0 Å². The lowest BCUT2D eigenvalue weighted by Crippen LogP contribution is -2.62. The minimum atomic E-state index is 0.0549. The SMILES string of the molecule is CCCCCCCCCCCC/C=C/CCCCCC1=NCC[N+]1(CC)C(C)NC(C)=O. The summed E-state index contributed by atoms with van der Waals surface area (Å²) in [6.07, 6.45) is 26.3. The van der Waals surface area contributed by atoms with Gasteiger partial charge in [0.05, 0.1) is 13.1 Å². The Kier molecular flexibility index (Phi) is 16.5. The van der Waals surface area contributed by atoms with E-state index in [1.807, 2.05) is 0 Å². The first-order valence-corrected chi connectivity index (χ1v) is 13.9. The summed E-state index contributed by atoms with van der Waals surface area (Å²) in [7, 11) is 0. The van der Waals surface area contributed by atoms with Crippen LogP contribution in [0.2, 0.25) is 0 Å². The van der Waals surface area contributed by atoms with Crippen LogP contribution >= 0.6 is 0 Å². The number of hydrogen-bond acceptors (Lipinski definition) is 2. The number of hydrogen-bond donors (Lipinski definition) is 1. The van der Waals surface area contributed by atoms with Crippen molar-refractivity contribution in [3.05, 3.63) is 12.2 Å². The summed E-state index contributed by atoms with van der Waals surface area (Å²) in [6, 6.07) is 0. The van der Waals surface area contributed by atoms with E-state index in [4.69, 9.17) is 4.99 Å². The van der Waals surface area contributed by atoms with E-state index >= 15 is 0 Å². The van der Waals surface area contributed by atoms with Crippen LogP contribution in [0.15, 0.2) is 17.1 Å². The number of nitrogens with zero attached hydrogens (tertiary/aromatic N) is 2. The number of aliphatic imine (C=N–C) groups is 1. The Morgan fingerprint density at radius 2 is 1.44 bits per heavy atom. The molecule has 4 nitrogen and oxygen atoms in total. The highest BCUT2D eigenvalue weighted by Gasteiger charge is 2.41. The van der Waals surface area contributed by atoms with Gasteiger partial charge in [0.15, 0.2) is 12.0 Å². The number of carbonyl (C=O) groups is 1. The van der Waals surface area contributed by atoms with E-state index in [9.17, 15) is 4.79 Å². The van der Waals surface area contributed by atoms with E-state index in [0.29, 0.717) is 0 Å². The molecule has 1 aliphatic heterocycles. The molecule has 0 radical (unpaired) electrons. The average molecular weight is 449 g/mol. The van der Waals surface area contributed by atoms with Crippen LogP contribution < -0.4 is 5.32 Å². The standard InChI is InChI=1S/C28H53N3O/c1-5-7-8-9-10-11-12-13-14-15-16-17-18-19-20-21-22-23-28-29-24-25-31(28,6-2)26(3)30-27(4)32/h17-18,26H,5-16,19-25H2,1-4H3/p+1/b18-17+. The van der Waals surface area contributed by atoms with Crippen LogP contribution in [0.1, 0.15) is 130 Å². The van der Waals surface area contributed by atoms with Gasteiger partial charge in [-0.2, -0.15) is 0 Å². The maximum Gasteiger partial charge on any atom is 0.221 e. The van der Waals surface area contributed by atoms with Crippen molar-refractivity contribution >= 4 is 11.7 Å². The van der Waals surface area contributed by atoms with Gasteiger partial charge < -0.3 is 5.32 Å². The largest absolute Gasteiger partial charge is 0.307 e. The number of allylic oxidation sites excluding steroid dienone is 2. The molecule has 0 saturated heterocycles. The van der Waals surface area contributed by atoms with E-state index < -0.39 is 0 Å². The average Bonchev–Trinajstić information content (AvgIpc) is 3.19. The quantitative estimate of drug-likeness (QED) is 0.117. The molecule has 2 atom stereocenters. The van der Waals surface area contributed by atoms with Gasteiger partial charge in [-0.1, -0.05) is 83.3 Å². The Morgan fingerprint density at radius 3 is 1.97 bits per heavy atom. The van der Waals surface area contributed by atoms with Crippen molar-refractivity contribution in [3.63, 3.8) is 0 Å². The maximum absolute atomic E-state index is 11.5. The highest BCUT2D eigenvalue weighted by molar-refractivity contribution is 5.78. The lowest BCUT2D eigenvalue weighted by molar-refractivity contribution is -0.861. The molecule has 0 aromatic rings. The highest BCUT2D eigenvalue weighted by atomic mass is 16.1. The maximum atomic E-state index is 11.5. The van der Waals surface area contributed by atoms with Crippen LogP contribution in [0, 0.1) is 0 Å². The molecule has 1 N–H and O–H groups in total. The molecule has 0 bridgehead atoms. The minimum absolute atomic E-state index is 0.0549. The summed E-state index contributed by atoms with van der Waals surface area (Å²) >= 11 is 0. The van der Waals surface area contributed by atoms with Gasteiger partial charge in [-0.05, 0) is 39.0 Å². The summed E-state index contributed by atoms with van der Waals surface area (Å²) in [5.74, 6) is 1.35. The number of likely N-dealkylation sites (N-methyl/N-ethyl adjacent to an activating group) is 1. The van der Waals surface area contributed by atoms with Gasteiger partial charge in [0.2, 0.25) is 5.91 Å². The number of amides is 1. The molecule has 32 heavy (non-hydrogen) atoms. The summed E-state index contributed by atoms with van der Waals surface area (Å²) in [5, 5.41) is 3.11. The second kappa shape index (κ2) is 18.3. The molecular weight excluding hydrogens is 394 g/mol. The molecule has 0 saturated carbocycles. The molecule has 0 aromatic carbocycles. The molecular formula is C28H54N3O+. The zero-order chi connectivity index (χ0) is 23.5. The van der Waals surface area contributed by atoms with E-state index in [2.05, 4.69) is 38.2 Å². The van der Waals surface area contributed by atoms with Crippen molar-refractivity contribution < 1.29 is 9.28 Å². The molecule has 1 heterocycles. The van der Waals surface area contributed by atoms with Crippen molar-refractivity contribution in [2.24, 2.45) is 4.99 Å². The summed E-state index contributed by atoms with van der Waals surface area (Å²) < 4.78 is 0.846. The number of nitrogens with one attached hydrogen (secondary N) is 1. The van der Waals surface area contributed by atoms with E-state index in [-0.39, 0.29) is 12.1 Å². The molecule has 2 unspecified atom stereocenters. The van der Waals surface area contributed by atoms with Gasteiger partial charge in [-0.3, -0.25) is 9.28 Å². The number of unbranched alkanes of at least 4 members (excludes halogenated alkanes) is 13. The van der Waals surface area contributed by atoms with Crippen LogP contribution in [0.5, 0.6) is 0 Å². The predicted octanol–water partition coefficient (Wildman–Crippen LogP) is 7.54. The second-order valence-electron chi connectivity index (χ2n) is 9.79. The molecule has 0 spiro atoms. The lowest BCUT2D eigenvalue weighted by Gasteiger charge is -2.39. The fraction of sp³-hybridized carbons (Fsp3) is 0.857. The van der Waals surface area contributed by atoms with Gasteiger partial charge in [0.1, 0.15) is 6.54 Å². The number of carbonyl (C=O) groups excluding carboxylic acids is 1. The van der Waals surface area contributed by atoms with E-state index in [0.717, 1.165) is 30.5 Å². The van der Waals surface area contributed by atoms with Crippen molar-refractivity contribution in [3.8, 4) is 0 Å². The smallest absolute Gasteiger partial charge is 0.221 e. The fourth-order valence-corrected chi connectivity index (χ4v) is 5.09. The number of rotatable bonds is 20. The van der Waals surface area contributed by atoms with Crippen LogP contribution in [0.4, 0.5) is 0 Å². The molecule has 0 aliphatic carbocycles. The van der Waals surface area contributed by atoms with Crippen LogP contribution in [-0.4, -0.2) is 42.0 Å². The fourth-order valence-electron chi connectivity index (χ4n) is 5.09. The van der Waals surface area contributed by atoms with Crippen molar-refractivity contribution in [1.29, 1.82) is 0 Å². The predicted molar refractivity (Wildman–Crippen MR) is 140 cm³/mol. The highest BCUT2D eigenvalue weighted by Crippen LogP contribution is 2.23. The second-order valence-corrected chi connectivity index (χ2v) is 9.79. The Hall–Kier alpha value is -1.16. The van der Waals surface area contributed by atoms with Crippen LogP contribution in [0.25, 0.3) is 0 Å². The van der Waals surface area contributed by atoms with Gasteiger partial charge in [-0.25, -0.2) is 4.99 Å². The van der Waals surface area contributed by atoms with Gasteiger partial charge >= 0.3 is 0 Å². The topological polar surface area (TPSA) is 41.5 Å². The molecule has 0 aromatic heterocycles. The molecule has 4 heteroatoms. The van der Waals surface area contributed by atoms with Crippen LogP contribution in [-0.2, 0) is 4.79 Å².